The zero-order valence-electron chi connectivity index (χ0n) is 13.1. The molecule has 0 heterocycles. The van der Waals surface area contributed by atoms with E-state index >= 15 is 0 Å². The maximum atomic E-state index is 6.34. The zero-order chi connectivity index (χ0) is 14.5. The largest absolute Gasteiger partial charge is 0.310 e. The number of hydrogen-bond donors (Lipinski definition) is 1. The monoisotopic (exact) mass is 293 g/mol. The summed E-state index contributed by atoms with van der Waals surface area (Å²) in [4.78, 5) is 0. The van der Waals surface area contributed by atoms with Gasteiger partial charge in [-0.25, -0.2) is 0 Å². The van der Waals surface area contributed by atoms with Gasteiger partial charge in [-0.1, -0.05) is 63.3 Å². The van der Waals surface area contributed by atoms with Crippen LogP contribution in [0.4, 0.5) is 0 Å². The molecule has 0 bridgehead atoms. The smallest absolute Gasteiger partial charge is 0.0438 e. The van der Waals surface area contributed by atoms with Gasteiger partial charge in [0, 0.05) is 11.1 Å². The minimum absolute atomic E-state index is 0.462. The summed E-state index contributed by atoms with van der Waals surface area (Å²) in [5.74, 6) is 1.61. The van der Waals surface area contributed by atoms with Gasteiger partial charge in [0.1, 0.15) is 0 Å². The SMILES string of the molecule is CCNC(c1cccc(Cl)c1C)C1CCCCC1CC. The van der Waals surface area contributed by atoms with Crippen molar-refractivity contribution >= 4 is 11.6 Å². The maximum Gasteiger partial charge on any atom is 0.0438 e. The second kappa shape index (κ2) is 7.47. The molecule has 0 aromatic heterocycles. The van der Waals surface area contributed by atoms with E-state index in [1.165, 1.54) is 43.2 Å². The molecule has 2 heteroatoms. The standard InChI is InChI=1S/C18H28ClN/c1-4-14-9-6-7-10-16(14)18(20-5-2)15-11-8-12-17(19)13(15)3/h8,11-12,14,16,18,20H,4-7,9-10H2,1-3H3. The van der Waals surface area contributed by atoms with Crippen molar-refractivity contribution in [3.8, 4) is 0 Å². The molecule has 1 N–H and O–H groups in total. The van der Waals surface area contributed by atoms with Crippen LogP contribution >= 0.6 is 11.6 Å². The van der Waals surface area contributed by atoms with Gasteiger partial charge >= 0.3 is 0 Å². The summed E-state index contributed by atoms with van der Waals surface area (Å²) < 4.78 is 0. The van der Waals surface area contributed by atoms with Crippen molar-refractivity contribution in [2.45, 2.75) is 58.9 Å². The van der Waals surface area contributed by atoms with Gasteiger partial charge in [-0.3, -0.25) is 0 Å². The Kier molecular flexibility index (Phi) is 5.92. The van der Waals surface area contributed by atoms with Crippen molar-refractivity contribution in [1.82, 2.24) is 5.32 Å². The van der Waals surface area contributed by atoms with E-state index in [0.717, 1.165) is 23.4 Å². The third kappa shape index (κ3) is 3.38. The molecule has 3 atom stereocenters. The highest BCUT2D eigenvalue weighted by molar-refractivity contribution is 6.31. The Labute approximate surface area is 129 Å². The molecule has 1 fully saturated rings. The molecule has 1 aromatic carbocycles. The van der Waals surface area contributed by atoms with Crippen molar-refractivity contribution in [2.24, 2.45) is 11.8 Å². The van der Waals surface area contributed by atoms with Gasteiger partial charge in [0.2, 0.25) is 0 Å². The van der Waals surface area contributed by atoms with Crippen LogP contribution in [0.25, 0.3) is 0 Å². The summed E-state index contributed by atoms with van der Waals surface area (Å²) in [6.07, 6.45) is 6.82. The summed E-state index contributed by atoms with van der Waals surface area (Å²) in [5.41, 5.74) is 2.66. The lowest BCUT2D eigenvalue weighted by Gasteiger charge is -2.38. The minimum atomic E-state index is 0.462. The first kappa shape index (κ1) is 15.9. The fourth-order valence-corrected chi connectivity index (χ4v) is 4.04. The summed E-state index contributed by atoms with van der Waals surface area (Å²) >= 11 is 6.34. The Morgan fingerprint density at radius 1 is 1.25 bits per heavy atom. The van der Waals surface area contributed by atoms with Crippen molar-refractivity contribution in [3.05, 3.63) is 34.3 Å². The molecule has 2 rings (SSSR count). The van der Waals surface area contributed by atoms with E-state index in [1.54, 1.807) is 0 Å². The van der Waals surface area contributed by atoms with E-state index in [-0.39, 0.29) is 0 Å². The minimum Gasteiger partial charge on any atom is -0.310 e. The van der Waals surface area contributed by atoms with Gasteiger partial charge in [-0.2, -0.15) is 0 Å². The molecule has 1 aliphatic rings. The molecule has 0 saturated heterocycles. The highest BCUT2D eigenvalue weighted by Gasteiger charge is 2.32. The van der Waals surface area contributed by atoms with Gasteiger partial charge in [0.05, 0.1) is 0 Å². The number of rotatable bonds is 5. The van der Waals surface area contributed by atoms with E-state index in [2.05, 4.69) is 38.2 Å². The van der Waals surface area contributed by atoms with Crippen LogP contribution in [0, 0.1) is 18.8 Å². The molecule has 112 valence electrons. The average Bonchev–Trinajstić information content (AvgIpc) is 2.48. The molecule has 1 nitrogen and oxygen atoms in total. The molecule has 1 saturated carbocycles. The van der Waals surface area contributed by atoms with Gasteiger partial charge in [0.25, 0.3) is 0 Å². The van der Waals surface area contributed by atoms with Gasteiger partial charge in [0.15, 0.2) is 0 Å². The van der Waals surface area contributed by atoms with Crippen molar-refractivity contribution in [3.63, 3.8) is 0 Å². The molecule has 20 heavy (non-hydrogen) atoms. The van der Waals surface area contributed by atoms with Crippen LogP contribution in [0.1, 0.15) is 63.1 Å². The molecule has 0 radical (unpaired) electrons. The summed E-state index contributed by atoms with van der Waals surface area (Å²) in [7, 11) is 0. The second-order valence-electron chi connectivity index (χ2n) is 6.11. The first-order chi connectivity index (χ1) is 9.69. The van der Waals surface area contributed by atoms with Crippen LogP contribution in [-0.2, 0) is 0 Å². The number of halogens is 1. The Balaban J connectivity index is 2.32. The number of hydrogen-bond acceptors (Lipinski definition) is 1. The van der Waals surface area contributed by atoms with Crippen LogP contribution in [0.3, 0.4) is 0 Å². The normalized spacial score (nSPS) is 24.6. The molecule has 0 spiro atoms. The molecular formula is C18H28ClN. The fourth-order valence-electron chi connectivity index (χ4n) is 3.86. The Bertz CT molecular complexity index is 429. The molecule has 1 aromatic rings. The van der Waals surface area contributed by atoms with Crippen LogP contribution in [0.15, 0.2) is 18.2 Å². The predicted octanol–water partition coefficient (Wildman–Crippen LogP) is 5.52. The Morgan fingerprint density at radius 2 is 2.00 bits per heavy atom. The summed E-state index contributed by atoms with van der Waals surface area (Å²) in [5, 5.41) is 4.64. The zero-order valence-corrected chi connectivity index (χ0v) is 13.8. The van der Waals surface area contributed by atoms with E-state index < -0.39 is 0 Å². The Hall–Kier alpha value is -0.530. The molecule has 3 unspecified atom stereocenters. The third-order valence-corrected chi connectivity index (χ3v) is 5.40. The van der Waals surface area contributed by atoms with E-state index in [4.69, 9.17) is 11.6 Å². The first-order valence-electron chi connectivity index (χ1n) is 8.17. The highest BCUT2D eigenvalue weighted by Crippen LogP contribution is 2.41. The fraction of sp³-hybridized carbons (Fsp3) is 0.667. The predicted molar refractivity (Wildman–Crippen MR) is 88.3 cm³/mol. The molecule has 1 aliphatic carbocycles. The number of nitrogens with one attached hydrogen (secondary N) is 1. The van der Waals surface area contributed by atoms with Crippen molar-refractivity contribution in [2.75, 3.05) is 6.54 Å². The van der Waals surface area contributed by atoms with E-state index in [9.17, 15) is 0 Å². The summed E-state index contributed by atoms with van der Waals surface area (Å²) in [6.45, 7) is 7.73. The molecule has 0 amide bonds. The second-order valence-corrected chi connectivity index (χ2v) is 6.51. The quantitative estimate of drug-likeness (QED) is 0.754. The molecule has 0 aliphatic heterocycles. The van der Waals surface area contributed by atoms with Crippen molar-refractivity contribution < 1.29 is 0 Å². The lowest BCUT2D eigenvalue weighted by Crippen LogP contribution is -2.34. The van der Waals surface area contributed by atoms with Crippen LogP contribution < -0.4 is 5.32 Å². The van der Waals surface area contributed by atoms with Crippen LogP contribution in [0.2, 0.25) is 5.02 Å². The first-order valence-corrected chi connectivity index (χ1v) is 8.55. The van der Waals surface area contributed by atoms with Gasteiger partial charge < -0.3 is 5.32 Å². The van der Waals surface area contributed by atoms with Gasteiger partial charge in [-0.15, -0.1) is 0 Å². The van der Waals surface area contributed by atoms with Crippen LogP contribution in [-0.4, -0.2) is 6.54 Å². The maximum absolute atomic E-state index is 6.34. The summed E-state index contributed by atoms with van der Waals surface area (Å²) in [6, 6.07) is 6.82. The van der Waals surface area contributed by atoms with Crippen LogP contribution in [0.5, 0.6) is 0 Å². The topological polar surface area (TPSA) is 12.0 Å². The Morgan fingerprint density at radius 3 is 2.70 bits per heavy atom. The van der Waals surface area contributed by atoms with E-state index in [1.807, 2.05) is 6.07 Å². The van der Waals surface area contributed by atoms with Gasteiger partial charge in [-0.05, 0) is 48.9 Å². The molecular weight excluding hydrogens is 266 g/mol. The lowest BCUT2D eigenvalue weighted by molar-refractivity contribution is 0.176. The average molecular weight is 294 g/mol. The highest BCUT2D eigenvalue weighted by atomic mass is 35.5. The van der Waals surface area contributed by atoms with E-state index in [0.29, 0.717) is 6.04 Å². The third-order valence-electron chi connectivity index (χ3n) is 4.99. The number of benzene rings is 1. The lowest BCUT2D eigenvalue weighted by atomic mass is 9.72. The van der Waals surface area contributed by atoms with Crippen molar-refractivity contribution in [1.29, 1.82) is 0 Å².